The monoisotopic (exact) mass is 481 g/mol. The molecule has 1 aromatic heterocycles. The van der Waals surface area contributed by atoms with E-state index in [0.717, 1.165) is 37.2 Å². The molecule has 1 aliphatic rings. The number of hydrogen-bond donors (Lipinski definition) is 1. The first-order valence-electron chi connectivity index (χ1n) is 11.7. The summed E-state index contributed by atoms with van der Waals surface area (Å²) < 4.78 is 29.4. The Labute approximate surface area is 201 Å². The molecule has 34 heavy (non-hydrogen) atoms. The van der Waals surface area contributed by atoms with E-state index in [4.69, 9.17) is 0 Å². The molecule has 0 unspecified atom stereocenters. The van der Waals surface area contributed by atoms with Crippen molar-refractivity contribution in [3.63, 3.8) is 0 Å². The molecular weight excluding hydrogens is 450 g/mol. The molecule has 0 aliphatic carbocycles. The van der Waals surface area contributed by atoms with Gasteiger partial charge in [0.15, 0.2) is 0 Å². The minimum absolute atomic E-state index is 0.129. The summed E-state index contributed by atoms with van der Waals surface area (Å²) in [5.41, 5.74) is 2.77. The highest BCUT2D eigenvalue weighted by Gasteiger charge is 2.26. The minimum Gasteiger partial charge on any atom is -0.371 e. The molecule has 180 valence electrons. The average molecular weight is 482 g/mol. The summed E-state index contributed by atoms with van der Waals surface area (Å²) in [6.45, 7) is 6.63. The van der Waals surface area contributed by atoms with Gasteiger partial charge in [-0.2, -0.15) is 9.40 Å². The van der Waals surface area contributed by atoms with Crippen molar-refractivity contribution in [2.24, 2.45) is 0 Å². The Morgan fingerprint density at radius 2 is 1.76 bits per heavy atom. The molecule has 0 spiro atoms. The molecule has 1 fully saturated rings. The van der Waals surface area contributed by atoms with E-state index in [1.54, 1.807) is 43.1 Å². The van der Waals surface area contributed by atoms with Crippen LogP contribution in [-0.4, -0.2) is 54.6 Å². The lowest BCUT2D eigenvalue weighted by Crippen LogP contribution is -2.31. The first-order chi connectivity index (χ1) is 16.4. The van der Waals surface area contributed by atoms with E-state index in [1.807, 2.05) is 30.3 Å². The largest absolute Gasteiger partial charge is 0.371 e. The smallest absolute Gasteiger partial charge is 0.257 e. The highest BCUT2D eigenvalue weighted by atomic mass is 32.2. The molecule has 4 rings (SSSR count). The fourth-order valence-corrected chi connectivity index (χ4v) is 5.77. The summed E-state index contributed by atoms with van der Waals surface area (Å²) in [6.07, 6.45) is 5.48. The minimum atomic E-state index is -3.68. The quantitative estimate of drug-likeness (QED) is 0.502. The van der Waals surface area contributed by atoms with Crippen molar-refractivity contribution in [2.45, 2.75) is 38.1 Å². The number of sulfonamides is 1. The Balaban J connectivity index is 1.61. The van der Waals surface area contributed by atoms with E-state index in [-0.39, 0.29) is 10.8 Å². The van der Waals surface area contributed by atoms with Crippen LogP contribution in [0.2, 0.25) is 0 Å². The number of aromatic nitrogens is 2. The van der Waals surface area contributed by atoms with Crippen LogP contribution in [0, 0.1) is 0 Å². The molecule has 0 saturated carbocycles. The van der Waals surface area contributed by atoms with E-state index in [9.17, 15) is 13.2 Å². The molecule has 1 aliphatic heterocycles. The number of amides is 1. The van der Waals surface area contributed by atoms with Crippen molar-refractivity contribution in [3.8, 4) is 0 Å². The van der Waals surface area contributed by atoms with Crippen LogP contribution in [0.15, 0.2) is 65.8 Å². The zero-order valence-corrected chi connectivity index (χ0v) is 20.5. The number of nitrogens with zero attached hydrogens (tertiary/aromatic N) is 4. The number of nitrogens with one attached hydrogen (secondary N) is 1. The van der Waals surface area contributed by atoms with Crippen molar-refractivity contribution in [3.05, 3.63) is 72.1 Å². The van der Waals surface area contributed by atoms with Crippen molar-refractivity contribution in [2.75, 3.05) is 36.4 Å². The van der Waals surface area contributed by atoms with Gasteiger partial charge in [-0.15, -0.1) is 0 Å². The van der Waals surface area contributed by atoms with Crippen LogP contribution in [0.5, 0.6) is 0 Å². The second-order valence-electron chi connectivity index (χ2n) is 8.33. The maximum atomic E-state index is 13.4. The van der Waals surface area contributed by atoms with Gasteiger partial charge in [-0.25, -0.2) is 8.42 Å². The number of carbonyl (C=O) groups excluding carboxylic acids is 1. The topological polar surface area (TPSA) is 87.5 Å². The molecular formula is C25H31N5O3S. The molecule has 0 bridgehead atoms. The van der Waals surface area contributed by atoms with Crippen molar-refractivity contribution in [1.82, 2.24) is 14.1 Å². The predicted molar refractivity (Wildman–Crippen MR) is 134 cm³/mol. The van der Waals surface area contributed by atoms with Crippen LogP contribution in [-0.2, 0) is 16.6 Å². The van der Waals surface area contributed by atoms with E-state index in [2.05, 4.69) is 15.3 Å². The van der Waals surface area contributed by atoms with E-state index in [1.165, 1.54) is 10.4 Å². The third-order valence-corrected chi connectivity index (χ3v) is 8.13. The van der Waals surface area contributed by atoms with Crippen LogP contribution >= 0.6 is 0 Å². The Bertz CT molecular complexity index is 1230. The summed E-state index contributed by atoms with van der Waals surface area (Å²) in [4.78, 5) is 15.6. The van der Waals surface area contributed by atoms with Crippen LogP contribution < -0.4 is 10.2 Å². The van der Waals surface area contributed by atoms with E-state index >= 15 is 0 Å². The van der Waals surface area contributed by atoms with Gasteiger partial charge in [0.2, 0.25) is 10.0 Å². The van der Waals surface area contributed by atoms with Gasteiger partial charge in [-0.3, -0.25) is 9.48 Å². The molecule has 2 aromatic carbocycles. The molecule has 0 radical (unpaired) electrons. The van der Waals surface area contributed by atoms with Gasteiger partial charge in [0.1, 0.15) is 0 Å². The summed E-state index contributed by atoms with van der Waals surface area (Å²) >= 11 is 0. The molecule has 2 heterocycles. The molecule has 9 heteroatoms. The number of hydrogen-bond acceptors (Lipinski definition) is 5. The fourth-order valence-electron chi connectivity index (χ4n) is 4.29. The van der Waals surface area contributed by atoms with Gasteiger partial charge in [0.05, 0.1) is 28.9 Å². The van der Waals surface area contributed by atoms with Crippen LogP contribution in [0.4, 0.5) is 11.4 Å². The molecule has 1 saturated heterocycles. The van der Waals surface area contributed by atoms with Crippen molar-refractivity contribution < 1.29 is 13.2 Å². The fraction of sp³-hybridized carbons (Fsp3) is 0.360. The Kier molecular flexibility index (Phi) is 7.33. The third-order valence-electron chi connectivity index (χ3n) is 6.08. The molecule has 8 nitrogen and oxygen atoms in total. The number of anilines is 2. The first kappa shape index (κ1) is 24.0. The molecule has 0 atom stereocenters. The normalized spacial score (nSPS) is 14.0. The van der Waals surface area contributed by atoms with E-state index < -0.39 is 10.0 Å². The Hall–Kier alpha value is -3.17. The van der Waals surface area contributed by atoms with Gasteiger partial charge in [-0.1, -0.05) is 44.2 Å². The average Bonchev–Trinajstić information content (AvgIpc) is 3.52. The third kappa shape index (κ3) is 5.15. The van der Waals surface area contributed by atoms with Gasteiger partial charge in [0.25, 0.3) is 5.91 Å². The van der Waals surface area contributed by atoms with Gasteiger partial charge < -0.3 is 10.2 Å². The van der Waals surface area contributed by atoms with Gasteiger partial charge in [-0.05, 0) is 36.6 Å². The lowest BCUT2D eigenvalue weighted by molar-refractivity contribution is 0.102. The summed E-state index contributed by atoms with van der Waals surface area (Å²) in [5.74, 6) is -0.349. The van der Waals surface area contributed by atoms with Crippen LogP contribution in [0.1, 0.15) is 42.6 Å². The highest BCUT2D eigenvalue weighted by Crippen LogP contribution is 2.29. The summed E-state index contributed by atoms with van der Waals surface area (Å²) in [7, 11) is -3.68. The highest BCUT2D eigenvalue weighted by molar-refractivity contribution is 7.89. The van der Waals surface area contributed by atoms with Gasteiger partial charge in [0, 0.05) is 38.1 Å². The maximum Gasteiger partial charge on any atom is 0.257 e. The van der Waals surface area contributed by atoms with E-state index in [0.29, 0.717) is 30.9 Å². The van der Waals surface area contributed by atoms with Crippen molar-refractivity contribution in [1.29, 1.82) is 0 Å². The van der Waals surface area contributed by atoms with Crippen molar-refractivity contribution >= 4 is 27.3 Å². The lowest BCUT2D eigenvalue weighted by atomic mass is 10.1. The summed E-state index contributed by atoms with van der Waals surface area (Å²) in [5, 5.41) is 7.26. The second kappa shape index (κ2) is 10.4. The molecule has 1 amide bonds. The number of carbonyl (C=O) groups is 1. The number of benzene rings is 2. The SMILES string of the molecule is CCN(CC)S(=O)(=O)c1ccc(N2CCCC2)c(C(=O)Nc2cnn(Cc3ccccc3)c2)c1. The second-order valence-corrected chi connectivity index (χ2v) is 10.3. The summed E-state index contributed by atoms with van der Waals surface area (Å²) in [6, 6.07) is 14.8. The van der Waals surface area contributed by atoms with Crippen LogP contribution in [0.25, 0.3) is 0 Å². The zero-order chi connectivity index (χ0) is 24.1. The predicted octanol–water partition coefficient (Wildman–Crippen LogP) is 3.81. The Morgan fingerprint density at radius 3 is 2.44 bits per heavy atom. The standard InChI is InChI=1S/C25H31N5O3S/c1-3-30(4-2)34(32,33)22-12-13-24(28-14-8-9-15-28)23(16-22)25(31)27-21-17-26-29(19-21)18-20-10-6-5-7-11-20/h5-7,10-13,16-17,19H,3-4,8-9,14-15,18H2,1-2H3,(H,27,31). The lowest BCUT2D eigenvalue weighted by Gasteiger charge is -2.23. The maximum absolute atomic E-state index is 13.4. The molecule has 1 N–H and O–H groups in total. The first-order valence-corrected chi connectivity index (χ1v) is 13.1. The Morgan fingerprint density at radius 1 is 1.06 bits per heavy atom. The van der Waals surface area contributed by atoms with Gasteiger partial charge >= 0.3 is 0 Å². The molecule has 3 aromatic rings. The van der Waals surface area contributed by atoms with Crippen LogP contribution in [0.3, 0.4) is 0 Å². The number of rotatable bonds is 9. The zero-order valence-electron chi connectivity index (χ0n) is 19.6.